The Hall–Kier alpha value is -1.93. The van der Waals surface area contributed by atoms with Crippen molar-refractivity contribution in [3.05, 3.63) is 32.9 Å². The lowest BCUT2D eigenvalue weighted by Gasteiger charge is -2.61. The van der Waals surface area contributed by atoms with Gasteiger partial charge in [-0.25, -0.2) is 0 Å². The van der Waals surface area contributed by atoms with E-state index in [0.29, 0.717) is 44.6 Å². The number of aliphatic hydroxyl groups excluding tert-OH is 3. The summed E-state index contributed by atoms with van der Waals surface area (Å²) in [6, 6.07) is 2.69. The van der Waals surface area contributed by atoms with Crippen LogP contribution in [-0.2, 0) is 20.9 Å². The Morgan fingerprint density at radius 1 is 1.20 bits per heavy atom. The molecule has 3 fully saturated rings. The van der Waals surface area contributed by atoms with Gasteiger partial charge in [-0.2, -0.15) is 0 Å². The maximum absolute atomic E-state index is 13.5. The first kappa shape index (κ1) is 32.0. The summed E-state index contributed by atoms with van der Waals surface area (Å²) in [4.78, 5) is 28.4. The summed E-state index contributed by atoms with van der Waals surface area (Å²) in [5.74, 6) is 1.60. The minimum atomic E-state index is -1.14. The zero-order valence-corrected chi connectivity index (χ0v) is 26.4. The summed E-state index contributed by atoms with van der Waals surface area (Å²) in [5, 5.41) is 33.3. The molecule has 4 aliphatic carbocycles. The third-order valence-electron chi connectivity index (χ3n) is 9.36. The van der Waals surface area contributed by atoms with E-state index < -0.39 is 18.2 Å². The molecule has 0 spiro atoms. The average molecular weight is 687 g/mol. The Kier molecular flexibility index (Phi) is 10.6. The Labute approximate surface area is 255 Å². The normalized spacial score (nSPS) is 28.2. The van der Waals surface area contributed by atoms with Crippen LogP contribution in [0.2, 0.25) is 0 Å². The van der Waals surface area contributed by atoms with E-state index in [2.05, 4.69) is 41.8 Å². The SMILES string of the molecule is COCC(=O)N(C[C@@H]1CC[C@H]2C[C@@H]1C2(C)C)[C@@H]1CC(C(=O)NCCO)=C[C@H](Oc2c(I)cc(CO)cc2OC)[C@H]1O. The minimum Gasteiger partial charge on any atom is -0.493 e. The van der Waals surface area contributed by atoms with Crippen molar-refractivity contribution >= 4 is 34.4 Å². The summed E-state index contributed by atoms with van der Waals surface area (Å²) in [6.07, 6.45) is 2.89. The second kappa shape index (κ2) is 13.6. The van der Waals surface area contributed by atoms with Crippen LogP contribution in [0.4, 0.5) is 0 Å². The Bertz CT molecular complexity index is 1140. The second-order valence-corrected chi connectivity index (χ2v) is 13.1. The molecule has 0 heterocycles. The highest BCUT2D eigenvalue weighted by atomic mass is 127. The highest BCUT2D eigenvalue weighted by Crippen LogP contribution is 2.61. The van der Waals surface area contributed by atoms with E-state index in [1.807, 2.05) is 0 Å². The van der Waals surface area contributed by atoms with Crippen molar-refractivity contribution < 1.29 is 39.1 Å². The number of fused-ring (bicyclic) bond motifs is 2. The van der Waals surface area contributed by atoms with Crippen LogP contribution in [0.15, 0.2) is 23.8 Å². The number of nitrogens with one attached hydrogen (secondary N) is 1. The number of methoxy groups -OCH3 is 2. The van der Waals surface area contributed by atoms with Crippen molar-refractivity contribution in [3.8, 4) is 11.5 Å². The number of halogens is 1. The fourth-order valence-corrected chi connectivity index (χ4v) is 7.75. The third-order valence-corrected chi connectivity index (χ3v) is 10.2. The van der Waals surface area contributed by atoms with Gasteiger partial charge in [0.05, 0.1) is 29.9 Å². The van der Waals surface area contributed by atoms with Crippen LogP contribution in [0.1, 0.15) is 45.1 Å². The zero-order valence-electron chi connectivity index (χ0n) is 24.3. The number of carbonyl (C=O) groups excluding carboxylic acids is 2. The summed E-state index contributed by atoms with van der Waals surface area (Å²) < 4.78 is 17.8. The molecular formula is C30H43IN2O8. The number of hydrogen-bond acceptors (Lipinski definition) is 8. The lowest BCUT2D eigenvalue weighted by Crippen LogP contribution is -2.60. The molecule has 3 saturated carbocycles. The smallest absolute Gasteiger partial charge is 0.248 e. The quantitative estimate of drug-likeness (QED) is 0.246. The monoisotopic (exact) mass is 686 g/mol. The van der Waals surface area contributed by atoms with Gasteiger partial charge in [0, 0.05) is 32.2 Å². The number of benzene rings is 1. The number of hydrogen-bond donors (Lipinski definition) is 4. The Morgan fingerprint density at radius 2 is 1.95 bits per heavy atom. The first-order chi connectivity index (χ1) is 19.5. The van der Waals surface area contributed by atoms with Crippen molar-refractivity contribution in [1.29, 1.82) is 0 Å². The number of aliphatic hydroxyl groups is 3. The standard InChI is InChI=1S/C30H43IN2O8/c1-30(2)20-6-5-18(21(30)13-20)14-33(26(36)16-39-3)23-11-19(29(38)32-7-8-34)12-24(27(23)37)41-28-22(31)9-17(15-35)10-25(28)40-4/h9-10,12,18,20-21,23-24,27,34-35,37H,5-8,11,13-16H2,1-4H3,(H,32,38)/t18-,20-,21-,23+,24-,27-/m0/s1. The molecule has 2 bridgehead atoms. The third kappa shape index (κ3) is 6.69. The molecule has 2 amide bonds. The number of carbonyl (C=O) groups is 2. The van der Waals surface area contributed by atoms with E-state index in [1.165, 1.54) is 14.2 Å². The summed E-state index contributed by atoms with van der Waals surface area (Å²) in [7, 11) is 2.96. The highest BCUT2D eigenvalue weighted by molar-refractivity contribution is 14.1. The largest absolute Gasteiger partial charge is 0.493 e. The van der Waals surface area contributed by atoms with E-state index in [9.17, 15) is 24.9 Å². The fraction of sp³-hybridized carbons (Fsp3) is 0.667. The molecule has 5 rings (SSSR count). The van der Waals surface area contributed by atoms with Crippen LogP contribution >= 0.6 is 22.6 Å². The number of rotatable bonds is 12. The van der Waals surface area contributed by atoms with Gasteiger partial charge in [-0.15, -0.1) is 0 Å². The van der Waals surface area contributed by atoms with Gasteiger partial charge in [-0.05, 0) is 88.8 Å². The van der Waals surface area contributed by atoms with Crippen LogP contribution in [0.5, 0.6) is 11.5 Å². The van der Waals surface area contributed by atoms with Gasteiger partial charge in [0.1, 0.15) is 18.8 Å². The Balaban J connectivity index is 1.68. The molecular weight excluding hydrogens is 643 g/mol. The molecule has 10 nitrogen and oxygen atoms in total. The van der Waals surface area contributed by atoms with Crippen LogP contribution in [0.3, 0.4) is 0 Å². The van der Waals surface area contributed by atoms with Gasteiger partial charge in [0.15, 0.2) is 11.5 Å². The van der Waals surface area contributed by atoms with Crippen molar-refractivity contribution in [2.75, 3.05) is 40.5 Å². The summed E-state index contributed by atoms with van der Waals surface area (Å²) in [6.45, 7) is 4.64. The topological polar surface area (TPSA) is 138 Å². The maximum Gasteiger partial charge on any atom is 0.248 e. The summed E-state index contributed by atoms with van der Waals surface area (Å²) >= 11 is 2.08. The fourth-order valence-electron chi connectivity index (χ4n) is 6.96. The van der Waals surface area contributed by atoms with Crippen LogP contribution in [0, 0.1) is 26.7 Å². The molecule has 0 radical (unpaired) electrons. The van der Waals surface area contributed by atoms with Gasteiger partial charge in [-0.3, -0.25) is 9.59 Å². The lowest BCUT2D eigenvalue weighted by atomic mass is 9.45. The molecule has 1 aromatic rings. The molecule has 41 heavy (non-hydrogen) atoms. The Morgan fingerprint density at radius 3 is 2.56 bits per heavy atom. The van der Waals surface area contributed by atoms with Crippen LogP contribution in [-0.4, -0.2) is 90.8 Å². The lowest BCUT2D eigenvalue weighted by molar-refractivity contribution is -0.151. The number of ether oxygens (including phenoxy) is 3. The maximum atomic E-state index is 13.5. The molecule has 228 valence electrons. The van der Waals surface area contributed by atoms with Gasteiger partial charge in [0.25, 0.3) is 0 Å². The predicted molar refractivity (Wildman–Crippen MR) is 160 cm³/mol. The van der Waals surface area contributed by atoms with E-state index in [0.717, 1.165) is 19.3 Å². The molecule has 0 aromatic heterocycles. The highest BCUT2D eigenvalue weighted by Gasteiger charge is 2.55. The van der Waals surface area contributed by atoms with Crippen molar-refractivity contribution in [2.24, 2.45) is 23.2 Å². The first-order valence-electron chi connectivity index (χ1n) is 14.3. The minimum absolute atomic E-state index is 0.0790. The molecule has 1 aromatic carbocycles. The van der Waals surface area contributed by atoms with Crippen molar-refractivity contribution in [3.63, 3.8) is 0 Å². The number of nitrogens with zero attached hydrogens (tertiary/aromatic N) is 1. The van der Waals surface area contributed by atoms with Gasteiger partial charge in [-0.1, -0.05) is 13.8 Å². The zero-order chi connectivity index (χ0) is 29.9. The van der Waals surface area contributed by atoms with Gasteiger partial charge in [0.2, 0.25) is 11.8 Å². The molecule has 0 saturated heterocycles. The molecule has 4 aliphatic rings. The van der Waals surface area contributed by atoms with E-state index >= 15 is 0 Å². The van der Waals surface area contributed by atoms with Crippen LogP contribution in [0.25, 0.3) is 0 Å². The second-order valence-electron chi connectivity index (χ2n) is 12.0. The summed E-state index contributed by atoms with van der Waals surface area (Å²) in [5.41, 5.74) is 1.23. The van der Waals surface area contributed by atoms with Gasteiger partial charge >= 0.3 is 0 Å². The van der Waals surface area contributed by atoms with Gasteiger partial charge < -0.3 is 39.7 Å². The van der Waals surface area contributed by atoms with E-state index in [4.69, 9.17) is 14.2 Å². The van der Waals surface area contributed by atoms with E-state index in [-0.39, 0.29) is 55.9 Å². The number of amides is 2. The molecule has 4 N–H and O–H groups in total. The first-order valence-corrected chi connectivity index (χ1v) is 15.3. The molecule has 11 heteroatoms. The molecule has 6 atom stereocenters. The molecule has 0 aliphatic heterocycles. The van der Waals surface area contributed by atoms with E-state index in [1.54, 1.807) is 23.1 Å². The van der Waals surface area contributed by atoms with Crippen molar-refractivity contribution in [2.45, 2.75) is 64.4 Å². The predicted octanol–water partition coefficient (Wildman–Crippen LogP) is 2.25. The molecule has 0 unspecified atom stereocenters. The average Bonchev–Trinajstić information content (AvgIpc) is 2.96. The van der Waals surface area contributed by atoms with Crippen molar-refractivity contribution in [1.82, 2.24) is 10.2 Å². The van der Waals surface area contributed by atoms with Crippen LogP contribution < -0.4 is 14.8 Å².